The van der Waals surface area contributed by atoms with Crippen LogP contribution in [-0.2, 0) is 9.59 Å². The van der Waals surface area contributed by atoms with Gasteiger partial charge in [-0.3, -0.25) is 14.5 Å². The number of nitrogens with one attached hydrogen (secondary N) is 1. The molecule has 6 heteroatoms. The van der Waals surface area contributed by atoms with Crippen LogP contribution in [0.1, 0.15) is 11.6 Å². The highest BCUT2D eigenvalue weighted by Crippen LogP contribution is 2.26. The van der Waals surface area contributed by atoms with Gasteiger partial charge >= 0.3 is 0 Å². The van der Waals surface area contributed by atoms with E-state index in [1.807, 2.05) is 41.9 Å². The molecule has 0 bridgehead atoms. The molecule has 2 heterocycles. The van der Waals surface area contributed by atoms with Crippen molar-refractivity contribution < 1.29 is 9.59 Å². The number of amides is 2. The molecule has 1 aromatic heterocycles. The highest BCUT2D eigenvalue weighted by atomic mass is 32.1. The number of aliphatic imine (C=N–C) groups is 1. The molecule has 23 heavy (non-hydrogen) atoms. The molecule has 0 radical (unpaired) electrons. The maximum Gasteiger partial charge on any atom is 0.257 e. The number of fused-ring (bicyclic) bond motifs is 1. The van der Waals surface area contributed by atoms with Gasteiger partial charge in [0.15, 0.2) is 0 Å². The molecule has 1 aliphatic heterocycles. The normalized spacial score (nSPS) is 20.8. The number of dihydropyridines is 1. The van der Waals surface area contributed by atoms with Crippen molar-refractivity contribution in [2.24, 2.45) is 10.9 Å². The first-order chi connectivity index (χ1) is 11.1. The number of nitrogens with zero attached hydrogens (tertiary/aromatic N) is 2. The zero-order valence-corrected chi connectivity index (χ0v) is 13.7. The fraction of sp³-hybridized carbons (Fsp3) is 0.235. The summed E-state index contributed by atoms with van der Waals surface area (Å²) in [6.45, 7) is 0. The van der Waals surface area contributed by atoms with Gasteiger partial charge in [0.25, 0.3) is 5.91 Å². The Morgan fingerprint density at radius 2 is 2.26 bits per heavy atom. The molecule has 118 valence electrons. The summed E-state index contributed by atoms with van der Waals surface area (Å²) in [6.07, 6.45) is 8.65. The van der Waals surface area contributed by atoms with E-state index < -0.39 is 0 Å². The monoisotopic (exact) mass is 327 g/mol. The van der Waals surface area contributed by atoms with E-state index in [1.54, 1.807) is 29.6 Å². The second kappa shape index (κ2) is 6.44. The largest absolute Gasteiger partial charge is 0.324 e. The van der Waals surface area contributed by atoms with Crippen LogP contribution in [0.2, 0.25) is 0 Å². The third-order valence-corrected chi connectivity index (χ3v) is 4.48. The Morgan fingerprint density at radius 1 is 1.43 bits per heavy atom. The van der Waals surface area contributed by atoms with Crippen LogP contribution < -0.4 is 5.32 Å². The Morgan fingerprint density at radius 3 is 2.96 bits per heavy atom. The SMILES string of the molecule is CN(C)C(C(=O)NC1=CC2=CC=NC(=O)C2C=C1)c1ccsc1. The van der Waals surface area contributed by atoms with Gasteiger partial charge < -0.3 is 5.32 Å². The van der Waals surface area contributed by atoms with E-state index in [0.717, 1.165) is 11.1 Å². The third-order valence-electron chi connectivity index (χ3n) is 3.78. The highest BCUT2D eigenvalue weighted by molar-refractivity contribution is 7.08. The topological polar surface area (TPSA) is 61.8 Å². The zero-order valence-electron chi connectivity index (χ0n) is 12.9. The van der Waals surface area contributed by atoms with Gasteiger partial charge in [-0.1, -0.05) is 6.08 Å². The number of hydrogen-bond acceptors (Lipinski definition) is 4. The summed E-state index contributed by atoms with van der Waals surface area (Å²) >= 11 is 1.57. The lowest BCUT2D eigenvalue weighted by Gasteiger charge is -2.24. The van der Waals surface area contributed by atoms with Crippen LogP contribution in [0.4, 0.5) is 0 Å². The average molecular weight is 327 g/mol. The molecule has 3 rings (SSSR count). The summed E-state index contributed by atoms with van der Waals surface area (Å²) in [4.78, 5) is 30.0. The average Bonchev–Trinajstić information content (AvgIpc) is 3.01. The first kappa shape index (κ1) is 15.6. The fourth-order valence-corrected chi connectivity index (χ4v) is 3.36. The fourth-order valence-electron chi connectivity index (χ4n) is 2.69. The number of carbonyl (C=O) groups excluding carboxylic acids is 2. The van der Waals surface area contributed by atoms with Crippen LogP contribution in [0, 0.1) is 5.92 Å². The minimum absolute atomic E-state index is 0.0980. The van der Waals surface area contributed by atoms with Crippen molar-refractivity contribution >= 4 is 29.4 Å². The van der Waals surface area contributed by atoms with Gasteiger partial charge in [0.1, 0.15) is 6.04 Å². The molecule has 2 amide bonds. The smallest absolute Gasteiger partial charge is 0.257 e. The van der Waals surface area contributed by atoms with Crippen LogP contribution in [0.3, 0.4) is 0 Å². The van der Waals surface area contributed by atoms with E-state index >= 15 is 0 Å². The van der Waals surface area contributed by atoms with E-state index in [1.165, 1.54) is 6.21 Å². The molecule has 0 aromatic carbocycles. The van der Waals surface area contributed by atoms with Gasteiger partial charge in [0.05, 0.1) is 5.92 Å². The molecule has 2 unspecified atom stereocenters. The zero-order chi connectivity index (χ0) is 16.4. The molecular weight excluding hydrogens is 310 g/mol. The number of hydrogen-bond donors (Lipinski definition) is 1. The van der Waals surface area contributed by atoms with Crippen molar-refractivity contribution in [3.05, 3.63) is 58.0 Å². The van der Waals surface area contributed by atoms with E-state index in [2.05, 4.69) is 10.3 Å². The third kappa shape index (κ3) is 3.23. The van der Waals surface area contributed by atoms with Crippen molar-refractivity contribution in [2.45, 2.75) is 6.04 Å². The highest BCUT2D eigenvalue weighted by Gasteiger charge is 2.26. The maximum absolute atomic E-state index is 12.6. The Hall–Kier alpha value is -2.31. The van der Waals surface area contributed by atoms with Crippen LogP contribution in [0.5, 0.6) is 0 Å². The van der Waals surface area contributed by atoms with Crippen molar-refractivity contribution in [1.82, 2.24) is 10.2 Å². The van der Waals surface area contributed by atoms with Crippen LogP contribution in [0.25, 0.3) is 0 Å². The van der Waals surface area contributed by atoms with Gasteiger partial charge in [0, 0.05) is 11.9 Å². The Kier molecular flexibility index (Phi) is 4.36. The minimum atomic E-state index is -0.350. The van der Waals surface area contributed by atoms with E-state index in [0.29, 0.717) is 5.70 Å². The summed E-state index contributed by atoms with van der Waals surface area (Å²) in [7, 11) is 3.75. The molecule has 1 N–H and O–H groups in total. The predicted octanol–water partition coefficient (Wildman–Crippen LogP) is 2.07. The molecule has 0 fully saturated rings. The van der Waals surface area contributed by atoms with Crippen LogP contribution in [-0.4, -0.2) is 37.0 Å². The molecule has 2 aliphatic rings. The van der Waals surface area contributed by atoms with Crippen molar-refractivity contribution in [3.8, 4) is 0 Å². The van der Waals surface area contributed by atoms with Crippen molar-refractivity contribution in [3.63, 3.8) is 0 Å². The summed E-state index contributed by atoms with van der Waals surface area (Å²) < 4.78 is 0. The lowest BCUT2D eigenvalue weighted by molar-refractivity contribution is -0.125. The van der Waals surface area contributed by atoms with Gasteiger partial charge in [-0.2, -0.15) is 11.3 Å². The van der Waals surface area contributed by atoms with Crippen LogP contribution in [0.15, 0.2) is 57.4 Å². The first-order valence-corrected chi connectivity index (χ1v) is 8.18. The quantitative estimate of drug-likeness (QED) is 0.921. The summed E-state index contributed by atoms with van der Waals surface area (Å²) in [5.74, 6) is -0.605. The number of carbonyl (C=O) groups is 2. The maximum atomic E-state index is 12.6. The molecule has 1 aromatic rings. The number of rotatable bonds is 4. The standard InChI is InChI=1S/C17H17N3O2S/c1-20(2)15(12-6-8-23-10-12)17(22)19-13-3-4-14-11(9-13)5-7-18-16(14)21/h3-10,14-15H,1-2H3,(H,19,22). The summed E-state index contributed by atoms with van der Waals surface area (Å²) in [5, 5.41) is 6.87. The molecule has 0 spiro atoms. The number of thiophene rings is 1. The second-order valence-electron chi connectivity index (χ2n) is 5.63. The van der Waals surface area contributed by atoms with Gasteiger partial charge in [0.2, 0.25) is 5.91 Å². The molecule has 2 atom stereocenters. The minimum Gasteiger partial charge on any atom is -0.324 e. The lowest BCUT2D eigenvalue weighted by atomic mass is 9.91. The van der Waals surface area contributed by atoms with Gasteiger partial charge in [-0.25, -0.2) is 4.99 Å². The summed E-state index contributed by atoms with van der Waals surface area (Å²) in [6, 6.07) is 1.60. The predicted molar refractivity (Wildman–Crippen MR) is 91.2 cm³/mol. The van der Waals surface area contributed by atoms with E-state index in [9.17, 15) is 9.59 Å². The molecule has 0 saturated carbocycles. The molecule has 5 nitrogen and oxygen atoms in total. The van der Waals surface area contributed by atoms with Crippen molar-refractivity contribution in [1.29, 1.82) is 0 Å². The van der Waals surface area contributed by atoms with Gasteiger partial charge in [-0.05, 0) is 60.3 Å². The lowest BCUT2D eigenvalue weighted by Crippen LogP contribution is -2.36. The Bertz CT molecular complexity index is 742. The van der Waals surface area contributed by atoms with Gasteiger partial charge in [-0.15, -0.1) is 0 Å². The Balaban J connectivity index is 1.78. The molecular formula is C17H17N3O2S. The Labute approximate surface area is 138 Å². The van der Waals surface area contributed by atoms with Crippen LogP contribution >= 0.6 is 11.3 Å². The number of likely N-dealkylation sites (N-methyl/N-ethyl adjacent to an activating group) is 1. The second-order valence-corrected chi connectivity index (χ2v) is 6.41. The first-order valence-electron chi connectivity index (χ1n) is 7.23. The molecule has 0 saturated heterocycles. The summed E-state index contributed by atoms with van der Waals surface area (Å²) in [5.41, 5.74) is 2.50. The molecule has 1 aliphatic carbocycles. The van der Waals surface area contributed by atoms with E-state index in [4.69, 9.17) is 0 Å². The number of allylic oxidation sites excluding steroid dienone is 3. The van der Waals surface area contributed by atoms with E-state index in [-0.39, 0.29) is 23.8 Å². The van der Waals surface area contributed by atoms with Crippen molar-refractivity contribution in [2.75, 3.05) is 14.1 Å².